The molecule has 2 aromatic rings. The van der Waals surface area contributed by atoms with E-state index in [1.807, 2.05) is 25.1 Å². The van der Waals surface area contributed by atoms with Gasteiger partial charge >= 0.3 is 6.03 Å². The van der Waals surface area contributed by atoms with E-state index in [9.17, 15) is 23.1 Å². The molecule has 1 heterocycles. The zero-order chi connectivity index (χ0) is 26.5. The predicted octanol–water partition coefficient (Wildman–Crippen LogP) is 2.37. The predicted molar refractivity (Wildman–Crippen MR) is 139 cm³/mol. The third kappa shape index (κ3) is 7.19. The van der Waals surface area contributed by atoms with Crippen LogP contribution >= 0.6 is 0 Å². The van der Waals surface area contributed by atoms with Crippen molar-refractivity contribution in [2.24, 2.45) is 5.92 Å². The van der Waals surface area contributed by atoms with Crippen molar-refractivity contribution in [1.82, 2.24) is 9.21 Å². The molecule has 0 bridgehead atoms. The van der Waals surface area contributed by atoms with Crippen molar-refractivity contribution in [1.29, 1.82) is 0 Å². The van der Waals surface area contributed by atoms with Gasteiger partial charge in [-0.2, -0.15) is 0 Å². The number of amides is 3. The Bertz CT molecular complexity index is 1170. The number of benzene rings is 2. The zero-order valence-electron chi connectivity index (χ0n) is 21.0. The Morgan fingerprint density at radius 3 is 2.50 bits per heavy atom. The quantitative estimate of drug-likeness (QED) is 0.516. The molecule has 3 rings (SSSR count). The van der Waals surface area contributed by atoms with Gasteiger partial charge in [0.1, 0.15) is 11.9 Å². The van der Waals surface area contributed by atoms with Gasteiger partial charge in [-0.15, -0.1) is 0 Å². The van der Waals surface area contributed by atoms with Crippen molar-refractivity contribution in [3.8, 4) is 5.75 Å². The van der Waals surface area contributed by atoms with E-state index in [4.69, 9.17) is 4.74 Å². The summed E-state index contributed by atoms with van der Waals surface area (Å²) in [6.07, 6.45) is 0.572. The van der Waals surface area contributed by atoms with Crippen LogP contribution in [-0.4, -0.2) is 79.8 Å². The van der Waals surface area contributed by atoms with Gasteiger partial charge < -0.3 is 25.4 Å². The van der Waals surface area contributed by atoms with Crippen molar-refractivity contribution in [2.45, 2.75) is 32.4 Å². The van der Waals surface area contributed by atoms with Crippen LogP contribution in [0.25, 0.3) is 0 Å². The van der Waals surface area contributed by atoms with Crippen LogP contribution in [0.5, 0.6) is 5.75 Å². The summed E-state index contributed by atoms with van der Waals surface area (Å²) in [5, 5.41) is 15.2. The first-order valence-electron chi connectivity index (χ1n) is 11.7. The van der Waals surface area contributed by atoms with E-state index in [2.05, 4.69) is 10.6 Å². The van der Waals surface area contributed by atoms with Crippen molar-refractivity contribution in [3.05, 3.63) is 54.1 Å². The summed E-state index contributed by atoms with van der Waals surface area (Å²) in [7, 11) is -1.96. The summed E-state index contributed by atoms with van der Waals surface area (Å²) in [5.74, 6) is 0.0124. The van der Waals surface area contributed by atoms with Crippen LogP contribution in [0.3, 0.4) is 0 Å². The zero-order valence-corrected chi connectivity index (χ0v) is 21.8. The Kier molecular flexibility index (Phi) is 8.93. The fourth-order valence-corrected chi connectivity index (χ4v) is 4.35. The molecule has 0 spiro atoms. The molecule has 2 aromatic carbocycles. The average Bonchev–Trinajstić information content (AvgIpc) is 2.86. The lowest BCUT2D eigenvalue weighted by molar-refractivity contribution is -0.134. The molecule has 36 heavy (non-hydrogen) atoms. The fourth-order valence-electron chi connectivity index (χ4n) is 3.93. The first-order chi connectivity index (χ1) is 17.0. The maximum atomic E-state index is 13.2. The molecule has 3 N–H and O–H groups in total. The summed E-state index contributed by atoms with van der Waals surface area (Å²) in [6.45, 7) is 3.82. The third-order valence-electron chi connectivity index (χ3n) is 6.21. The molecule has 0 unspecified atom stereocenters. The van der Waals surface area contributed by atoms with Crippen molar-refractivity contribution in [2.75, 3.05) is 43.6 Å². The lowest BCUT2D eigenvalue weighted by Gasteiger charge is -2.33. The highest BCUT2D eigenvalue weighted by Gasteiger charge is 2.32. The molecule has 3 amide bonds. The molecule has 3 atom stereocenters. The Balaban J connectivity index is 1.90. The maximum Gasteiger partial charge on any atom is 0.323 e. The lowest BCUT2D eigenvalue weighted by Crippen LogP contribution is -2.48. The minimum absolute atomic E-state index is 0.00312. The second-order valence-electron chi connectivity index (χ2n) is 9.20. The van der Waals surface area contributed by atoms with Gasteiger partial charge in [-0.3, -0.25) is 4.79 Å². The number of fused-ring (bicyclic) bond motifs is 1. The van der Waals surface area contributed by atoms with E-state index >= 15 is 0 Å². The number of carbonyl (C=O) groups is 2. The molecule has 0 fully saturated rings. The van der Waals surface area contributed by atoms with Crippen LogP contribution in [0.15, 0.2) is 48.5 Å². The average molecular weight is 519 g/mol. The Morgan fingerprint density at radius 2 is 1.86 bits per heavy atom. The number of carbonyl (C=O) groups excluding carboxylic acids is 2. The molecule has 0 saturated carbocycles. The molecule has 10 nitrogen and oxygen atoms in total. The first kappa shape index (κ1) is 27.4. The number of anilines is 2. The number of ether oxygens (including phenoxy) is 1. The van der Waals surface area contributed by atoms with Crippen molar-refractivity contribution in [3.63, 3.8) is 0 Å². The SMILES string of the molecule is C[C@H](CO)N1C[C@H](C)[C@@H](CN(C)S(C)(=O)=O)Oc2ccc(NC(=O)Nc3ccccc3)cc2CC1=O. The van der Waals surface area contributed by atoms with E-state index in [0.29, 0.717) is 29.2 Å². The third-order valence-corrected chi connectivity index (χ3v) is 7.49. The summed E-state index contributed by atoms with van der Waals surface area (Å²) in [5.41, 5.74) is 1.66. The Morgan fingerprint density at radius 1 is 1.19 bits per heavy atom. The van der Waals surface area contributed by atoms with Gasteiger partial charge in [0.15, 0.2) is 0 Å². The number of aliphatic hydroxyl groups excluding tert-OH is 1. The normalized spacial score (nSPS) is 19.4. The van der Waals surface area contributed by atoms with E-state index in [-0.39, 0.29) is 31.4 Å². The van der Waals surface area contributed by atoms with Crippen LogP contribution in [-0.2, 0) is 21.2 Å². The number of nitrogens with zero attached hydrogens (tertiary/aromatic N) is 2. The second-order valence-corrected chi connectivity index (χ2v) is 11.3. The van der Waals surface area contributed by atoms with E-state index in [1.165, 1.54) is 11.4 Å². The minimum atomic E-state index is -3.45. The molecule has 196 valence electrons. The van der Waals surface area contributed by atoms with Crippen molar-refractivity contribution < 1.29 is 27.9 Å². The number of hydrogen-bond donors (Lipinski definition) is 3. The van der Waals surface area contributed by atoms with Crippen LogP contribution in [0.4, 0.5) is 16.2 Å². The van der Waals surface area contributed by atoms with Gasteiger partial charge in [0.2, 0.25) is 15.9 Å². The van der Waals surface area contributed by atoms with Gasteiger partial charge in [-0.25, -0.2) is 17.5 Å². The molecule has 0 radical (unpaired) electrons. The number of urea groups is 1. The Hall–Kier alpha value is -3.15. The molecule has 0 aromatic heterocycles. The number of nitrogens with one attached hydrogen (secondary N) is 2. The van der Waals surface area contributed by atoms with Crippen molar-refractivity contribution >= 4 is 33.3 Å². The fraction of sp³-hybridized carbons (Fsp3) is 0.440. The summed E-state index contributed by atoms with van der Waals surface area (Å²) in [4.78, 5) is 27.3. The number of hydrogen-bond acceptors (Lipinski definition) is 6. The molecule has 0 saturated heterocycles. The van der Waals surface area contributed by atoms with Gasteiger partial charge in [0, 0.05) is 36.4 Å². The van der Waals surface area contributed by atoms with Gasteiger partial charge in [-0.1, -0.05) is 25.1 Å². The minimum Gasteiger partial charge on any atom is -0.488 e. The van der Waals surface area contributed by atoms with Crippen LogP contribution in [0, 0.1) is 5.92 Å². The first-order valence-corrected chi connectivity index (χ1v) is 13.6. The highest BCUT2D eigenvalue weighted by Crippen LogP contribution is 2.29. The summed E-state index contributed by atoms with van der Waals surface area (Å²) in [6, 6.07) is 13.2. The van der Waals surface area contributed by atoms with E-state index in [0.717, 1.165) is 6.26 Å². The molecule has 11 heteroatoms. The van der Waals surface area contributed by atoms with Crippen LogP contribution < -0.4 is 15.4 Å². The summed E-state index contributed by atoms with van der Waals surface area (Å²) < 4.78 is 31.6. The van der Waals surface area contributed by atoms with Crippen LogP contribution in [0.2, 0.25) is 0 Å². The number of aliphatic hydroxyl groups is 1. The topological polar surface area (TPSA) is 128 Å². The number of sulfonamides is 1. The largest absolute Gasteiger partial charge is 0.488 e. The lowest BCUT2D eigenvalue weighted by atomic mass is 10.0. The smallest absolute Gasteiger partial charge is 0.323 e. The second kappa shape index (κ2) is 11.7. The molecule has 0 aliphatic carbocycles. The number of para-hydroxylation sites is 1. The Labute approximate surface area is 212 Å². The maximum absolute atomic E-state index is 13.2. The standard InChI is InChI=1S/C25H34N4O6S/c1-17-14-29(18(2)16-30)24(31)13-19-12-21(27-25(32)26-20-8-6-5-7-9-20)10-11-22(19)35-23(17)15-28(3)36(4,33)34/h5-12,17-18,23,30H,13-16H2,1-4H3,(H2,26,27,32)/t17-,18+,23+/m0/s1. The number of rotatable bonds is 7. The number of likely N-dealkylation sites (N-methyl/N-ethyl adjacent to an activating group) is 1. The summed E-state index contributed by atoms with van der Waals surface area (Å²) >= 11 is 0. The highest BCUT2D eigenvalue weighted by atomic mass is 32.2. The van der Waals surface area contributed by atoms with Gasteiger partial charge in [-0.05, 0) is 37.3 Å². The van der Waals surface area contributed by atoms with Gasteiger partial charge in [0.05, 0.1) is 31.9 Å². The van der Waals surface area contributed by atoms with E-state index < -0.39 is 28.2 Å². The monoisotopic (exact) mass is 518 g/mol. The van der Waals surface area contributed by atoms with Crippen LogP contribution in [0.1, 0.15) is 19.4 Å². The molecular weight excluding hydrogens is 484 g/mol. The molecule has 1 aliphatic rings. The molecular formula is C25H34N4O6S. The van der Waals surface area contributed by atoms with E-state index in [1.54, 1.807) is 42.2 Å². The molecule has 1 aliphatic heterocycles. The highest BCUT2D eigenvalue weighted by molar-refractivity contribution is 7.88. The van der Waals surface area contributed by atoms with Gasteiger partial charge in [0.25, 0.3) is 0 Å².